The Hall–Kier alpha value is -2.69. The minimum Gasteiger partial charge on any atom is -0.330 e. The zero-order valence-electron chi connectivity index (χ0n) is 18.3. The fourth-order valence-electron chi connectivity index (χ4n) is 4.49. The van der Waals surface area contributed by atoms with Crippen LogP contribution in [0, 0.1) is 5.92 Å². The Morgan fingerprint density at radius 2 is 1.72 bits per heavy atom. The molecule has 1 saturated heterocycles. The molecule has 1 aliphatic rings. The van der Waals surface area contributed by atoms with Crippen molar-refractivity contribution in [1.29, 1.82) is 0 Å². The van der Waals surface area contributed by atoms with Crippen LogP contribution in [0.5, 0.6) is 0 Å². The van der Waals surface area contributed by atoms with Gasteiger partial charge in [-0.2, -0.15) is 0 Å². The Morgan fingerprint density at radius 3 is 2.44 bits per heavy atom. The van der Waals surface area contributed by atoms with Gasteiger partial charge >= 0.3 is 0 Å². The minimum atomic E-state index is -0.303. The number of pyridine rings is 1. The first kappa shape index (κ1) is 22.5. The quantitative estimate of drug-likeness (QED) is 0.510. The standard InChI is InChI=1S/C27H30ClN3O/c28-24-13-5-4-12-23(24)26(25-14-6-7-17-30-25)31(27(32)22-15-18-29-19-16-22)20-8-11-21-9-2-1-3-10-21/h1-7,9-10,12-14,17,22,26,29H,8,11,15-16,18-20H2. The first-order chi connectivity index (χ1) is 15.7. The summed E-state index contributed by atoms with van der Waals surface area (Å²) in [6, 6.07) is 23.8. The van der Waals surface area contributed by atoms with Gasteiger partial charge in [0.25, 0.3) is 0 Å². The molecule has 0 spiro atoms. The molecule has 1 fully saturated rings. The molecule has 1 atom stereocenters. The van der Waals surface area contributed by atoms with Gasteiger partial charge in [0.15, 0.2) is 0 Å². The van der Waals surface area contributed by atoms with Crippen molar-refractivity contribution in [1.82, 2.24) is 15.2 Å². The molecule has 4 rings (SSSR count). The average Bonchev–Trinajstić information content (AvgIpc) is 2.86. The summed E-state index contributed by atoms with van der Waals surface area (Å²) in [5, 5.41) is 4.03. The van der Waals surface area contributed by atoms with Crippen molar-refractivity contribution in [2.24, 2.45) is 5.92 Å². The summed E-state index contributed by atoms with van der Waals surface area (Å²) in [5.41, 5.74) is 3.06. The number of rotatable bonds is 8. The summed E-state index contributed by atoms with van der Waals surface area (Å²) in [7, 11) is 0. The molecule has 2 aromatic carbocycles. The number of nitrogens with zero attached hydrogens (tertiary/aromatic N) is 2. The van der Waals surface area contributed by atoms with Crippen molar-refractivity contribution in [3.05, 3.63) is 101 Å². The van der Waals surface area contributed by atoms with E-state index >= 15 is 0 Å². The number of halogens is 1. The van der Waals surface area contributed by atoms with Gasteiger partial charge in [-0.05, 0) is 68.1 Å². The summed E-state index contributed by atoms with van der Waals surface area (Å²) < 4.78 is 0. The zero-order valence-corrected chi connectivity index (χ0v) is 19.0. The van der Waals surface area contributed by atoms with E-state index in [-0.39, 0.29) is 17.9 Å². The second-order valence-electron chi connectivity index (χ2n) is 8.32. The van der Waals surface area contributed by atoms with Gasteiger partial charge in [-0.1, -0.05) is 66.2 Å². The Morgan fingerprint density at radius 1 is 1.00 bits per heavy atom. The lowest BCUT2D eigenvalue weighted by molar-refractivity contribution is -0.138. The van der Waals surface area contributed by atoms with Crippen molar-refractivity contribution in [2.45, 2.75) is 31.7 Å². The number of hydrogen-bond acceptors (Lipinski definition) is 3. The van der Waals surface area contributed by atoms with Gasteiger partial charge in [0.2, 0.25) is 5.91 Å². The van der Waals surface area contributed by atoms with E-state index in [1.54, 1.807) is 6.20 Å². The molecule has 1 aliphatic heterocycles. The van der Waals surface area contributed by atoms with Crippen LogP contribution in [0.2, 0.25) is 5.02 Å². The largest absolute Gasteiger partial charge is 0.330 e. The summed E-state index contributed by atoms with van der Waals surface area (Å²) in [4.78, 5) is 20.5. The Bertz CT molecular complexity index is 990. The van der Waals surface area contributed by atoms with Crippen LogP contribution in [0.25, 0.3) is 0 Å². The summed E-state index contributed by atoms with van der Waals surface area (Å²) in [5.74, 6) is 0.233. The summed E-state index contributed by atoms with van der Waals surface area (Å²) in [6.45, 7) is 2.42. The van der Waals surface area contributed by atoms with Crippen molar-refractivity contribution < 1.29 is 4.79 Å². The van der Waals surface area contributed by atoms with Crippen molar-refractivity contribution in [3.63, 3.8) is 0 Å². The number of amides is 1. The Balaban J connectivity index is 1.67. The van der Waals surface area contributed by atoms with Gasteiger partial charge in [-0.3, -0.25) is 9.78 Å². The lowest BCUT2D eigenvalue weighted by Crippen LogP contribution is -2.44. The van der Waals surface area contributed by atoms with E-state index in [0.29, 0.717) is 11.6 Å². The molecule has 0 radical (unpaired) electrons. The van der Waals surface area contributed by atoms with E-state index < -0.39 is 0 Å². The number of carbonyl (C=O) groups is 1. The molecular formula is C27H30ClN3O. The Kier molecular flexibility index (Phi) is 7.92. The van der Waals surface area contributed by atoms with Crippen LogP contribution in [-0.4, -0.2) is 35.4 Å². The van der Waals surface area contributed by atoms with Gasteiger partial charge in [0.1, 0.15) is 6.04 Å². The molecule has 2 heterocycles. The monoisotopic (exact) mass is 447 g/mol. The molecule has 1 amide bonds. The SMILES string of the molecule is O=C(C1CCNCC1)N(CCCc1ccccc1)C(c1ccccn1)c1ccccc1Cl. The van der Waals surface area contributed by atoms with Gasteiger partial charge in [-0.25, -0.2) is 0 Å². The summed E-state index contributed by atoms with van der Waals surface area (Å²) >= 11 is 6.66. The molecule has 1 unspecified atom stereocenters. The van der Waals surface area contributed by atoms with E-state index in [1.165, 1.54) is 5.56 Å². The molecule has 32 heavy (non-hydrogen) atoms. The third-order valence-electron chi connectivity index (χ3n) is 6.16. The smallest absolute Gasteiger partial charge is 0.226 e. The molecule has 0 saturated carbocycles. The third kappa shape index (κ3) is 5.56. The molecule has 0 aliphatic carbocycles. The molecule has 166 valence electrons. The van der Waals surface area contributed by atoms with Gasteiger partial charge < -0.3 is 10.2 Å². The number of hydrogen-bond donors (Lipinski definition) is 1. The molecular weight excluding hydrogens is 418 g/mol. The van der Waals surface area contributed by atoms with E-state index in [0.717, 1.165) is 50.0 Å². The first-order valence-corrected chi connectivity index (χ1v) is 11.8. The maximum Gasteiger partial charge on any atom is 0.226 e. The third-order valence-corrected chi connectivity index (χ3v) is 6.50. The number of carbonyl (C=O) groups excluding carboxylic acids is 1. The number of aryl methyl sites for hydroxylation is 1. The fourth-order valence-corrected chi connectivity index (χ4v) is 4.73. The Labute approximate surface area is 195 Å². The van der Waals surface area contributed by atoms with Crippen molar-refractivity contribution >= 4 is 17.5 Å². The predicted molar refractivity (Wildman–Crippen MR) is 130 cm³/mol. The van der Waals surface area contributed by atoms with E-state index in [2.05, 4.69) is 34.6 Å². The molecule has 5 heteroatoms. The van der Waals surface area contributed by atoms with Crippen LogP contribution < -0.4 is 5.32 Å². The maximum atomic E-state index is 13.9. The zero-order chi connectivity index (χ0) is 22.2. The van der Waals surface area contributed by atoms with Crippen molar-refractivity contribution in [3.8, 4) is 0 Å². The first-order valence-electron chi connectivity index (χ1n) is 11.4. The maximum absolute atomic E-state index is 13.9. The van der Waals surface area contributed by atoms with E-state index in [4.69, 9.17) is 11.6 Å². The molecule has 1 N–H and O–H groups in total. The van der Waals surface area contributed by atoms with Crippen LogP contribution in [-0.2, 0) is 11.2 Å². The van der Waals surface area contributed by atoms with Crippen LogP contribution in [0.3, 0.4) is 0 Å². The average molecular weight is 448 g/mol. The van der Waals surface area contributed by atoms with Gasteiger partial charge in [0.05, 0.1) is 5.69 Å². The highest BCUT2D eigenvalue weighted by atomic mass is 35.5. The molecule has 0 bridgehead atoms. The lowest BCUT2D eigenvalue weighted by Gasteiger charge is -2.36. The van der Waals surface area contributed by atoms with Crippen LogP contribution in [0.4, 0.5) is 0 Å². The van der Waals surface area contributed by atoms with E-state index in [1.807, 2.05) is 53.4 Å². The second kappa shape index (κ2) is 11.3. The number of nitrogens with one attached hydrogen (secondary N) is 1. The topological polar surface area (TPSA) is 45.2 Å². The minimum absolute atomic E-state index is 0.0293. The molecule has 4 nitrogen and oxygen atoms in total. The summed E-state index contributed by atoms with van der Waals surface area (Å²) in [6.07, 6.45) is 5.33. The highest BCUT2D eigenvalue weighted by Crippen LogP contribution is 2.34. The molecule has 3 aromatic rings. The lowest BCUT2D eigenvalue weighted by atomic mass is 9.93. The number of aromatic nitrogens is 1. The van der Waals surface area contributed by atoms with Gasteiger partial charge in [-0.15, -0.1) is 0 Å². The number of piperidine rings is 1. The predicted octanol–water partition coefficient (Wildman–Crippen LogP) is 5.29. The van der Waals surface area contributed by atoms with E-state index in [9.17, 15) is 4.79 Å². The molecule has 1 aromatic heterocycles. The van der Waals surface area contributed by atoms with Crippen molar-refractivity contribution in [2.75, 3.05) is 19.6 Å². The van der Waals surface area contributed by atoms with Gasteiger partial charge in [0, 0.05) is 23.7 Å². The highest BCUT2D eigenvalue weighted by Gasteiger charge is 2.33. The highest BCUT2D eigenvalue weighted by molar-refractivity contribution is 6.31. The second-order valence-corrected chi connectivity index (χ2v) is 8.73. The van der Waals surface area contributed by atoms with Crippen LogP contribution >= 0.6 is 11.6 Å². The van der Waals surface area contributed by atoms with Crippen LogP contribution in [0.15, 0.2) is 79.0 Å². The fraction of sp³-hybridized carbons (Fsp3) is 0.333. The van der Waals surface area contributed by atoms with Crippen LogP contribution in [0.1, 0.15) is 42.1 Å². The number of benzene rings is 2. The normalized spacial score (nSPS) is 15.3.